The third kappa shape index (κ3) is 8.12. The zero-order chi connectivity index (χ0) is 8.53. The number of hydrogen-bond donors (Lipinski definition) is 0. The first-order valence-corrected chi connectivity index (χ1v) is 5.45. The molecule has 0 rings (SSSR count). The molecular weight excluding hydrogens is 200 g/mol. The second-order valence-electron chi connectivity index (χ2n) is 2.85. The quantitative estimate of drug-likeness (QED) is 0.570. The molecule has 0 aromatic rings. The molecule has 0 aromatic carbocycles. The van der Waals surface area contributed by atoms with Gasteiger partial charge >= 0.3 is 0 Å². The minimum absolute atomic E-state index is 1.13. The highest BCUT2D eigenvalue weighted by atomic mass is 79.9. The molecule has 0 aliphatic carbocycles. The standard InChI is InChI=1S/C10H19Br/c1-3-5-6-7-8-9-10(11)4-2/h9H,3-8H2,1-2H3/b10-9-. The van der Waals surface area contributed by atoms with E-state index in [1.54, 1.807) is 0 Å². The van der Waals surface area contributed by atoms with Crippen molar-refractivity contribution in [2.45, 2.75) is 52.4 Å². The Morgan fingerprint density at radius 2 is 1.91 bits per heavy atom. The summed E-state index contributed by atoms with van der Waals surface area (Å²) in [4.78, 5) is 0. The Morgan fingerprint density at radius 3 is 2.45 bits per heavy atom. The van der Waals surface area contributed by atoms with Gasteiger partial charge in [-0.3, -0.25) is 0 Å². The topological polar surface area (TPSA) is 0 Å². The first kappa shape index (κ1) is 11.2. The molecule has 0 atom stereocenters. The van der Waals surface area contributed by atoms with Crippen LogP contribution in [0.1, 0.15) is 52.4 Å². The molecule has 0 saturated carbocycles. The highest BCUT2D eigenvalue weighted by molar-refractivity contribution is 9.11. The summed E-state index contributed by atoms with van der Waals surface area (Å²) >= 11 is 3.51. The highest BCUT2D eigenvalue weighted by Crippen LogP contribution is 2.12. The van der Waals surface area contributed by atoms with Crippen molar-refractivity contribution in [3.8, 4) is 0 Å². The maximum absolute atomic E-state index is 3.51. The minimum atomic E-state index is 1.13. The van der Waals surface area contributed by atoms with E-state index in [2.05, 4.69) is 35.9 Å². The Bertz CT molecular complexity index is 105. The van der Waals surface area contributed by atoms with E-state index in [0.717, 1.165) is 6.42 Å². The van der Waals surface area contributed by atoms with E-state index in [1.165, 1.54) is 36.6 Å². The van der Waals surface area contributed by atoms with E-state index in [9.17, 15) is 0 Å². The average molecular weight is 219 g/mol. The summed E-state index contributed by atoms with van der Waals surface area (Å²) < 4.78 is 1.36. The van der Waals surface area contributed by atoms with E-state index in [1.807, 2.05) is 0 Å². The van der Waals surface area contributed by atoms with Gasteiger partial charge in [0.2, 0.25) is 0 Å². The van der Waals surface area contributed by atoms with E-state index < -0.39 is 0 Å². The Balaban J connectivity index is 3.12. The molecule has 0 amide bonds. The van der Waals surface area contributed by atoms with Gasteiger partial charge in [-0.25, -0.2) is 0 Å². The van der Waals surface area contributed by atoms with Crippen LogP contribution in [0.25, 0.3) is 0 Å². The molecule has 0 spiro atoms. The first-order chi connectivity index (χ1) is 5.31. The summed E-state index contributed by atoms with van der Waals surface area (Å²) in [7, 11) is 0. The van der Waals surface area contributed by atoms with Crippen LogP contribution in [0.2, 0.25) is 0 Å². The van der Waals surface area contributed by atoms with Crippen LogP contribution in [0.3, 0.4) is 0 Å². The number of hydrogen-bond acceptors (Lipinski definition) is 0. The number of unbranched alkanes of at least 4 members (excludes halogenated alkanes) is 4. The number of rotatable bonds is 6. The molecule has 0 nitrogen and oxygen atoms in total. The molecule has 0 heterocycles. The van der Waals surface area contributed by atoms with E-state index in [0.29, 0.717) is 0 Å². The van der Waals surface area contributed by atoms with Crippen LogP contribution in [-0.2, 0) is 0 Å². The van der Waals surface area contributed by atoms with Crippen molar-refractivity contribution in [2.75, 3.05) is 0 Å². The number of allylic oxidation sites excluding steroid dienone is 2. The molecule has 0 unspecified atom stereocenters. The monoisotopic (exact) mass is 218 g/mol. The lowest BCUT2D eigenvalue weighted by Crippen LogP contribution is -1.74. The van der Waals surface area contributed by atoms with Crippen LogP contribution in [0.4, 0.5) is 0 Å². The average Bonchev–Trinajstić information content (AvgIpc) is 2.04. The molecule has 0 radical (unpaired) electrons. The molecule has 0 aliphatic heterocycles. The fourth-order valence-electron chi connectivity index (χ4n) is 0.974. The summed E-state index contributed by atoms with van der Waals surface area (Å²) in [6, 6.07) is 0. The van der Waals surface area contributed by atoms with Crippen molar-refractivity contribution in [1.82, 2.24) is 0 Å². The molecule has 1 heteroatoms. The Labute approximate surface area is 79.2 Å². The van der Waals surface area contributed by atoms with Crippen molar-refractivity contribution >= 4 is 15.9 Å². The van der Waals surface area contributed by atoms with Gasteiger partial charge in [0, 0.05) is 0 Å². The van der Waals surface area contributed by atoms with Gasteiger partial charge in [-0.2, -0.15) is 0 Å². The summed E-state index contributed by atoms with van der Waals surface area (Å²) in [6.07, 6.45) is 10.1. The second-order valence-corrected chi connectivity index (χ2v) is 3.87. The predicted molar refractivity (Wildman–Crippen MR) is 56.1 cm³/mol. The first-order valence-electron chi connectivity index (χ1n) is 4.65. The smallest absolute Gasteiger partial charge is 0.00920 e. The number of halogens is 1. The van der Waals surface area contributed by atoms with Crippen molar-refractivity contribution in [3.63, 3.8) is 0 Å². The molecule has 0 saturated heterocycles. The van der Waals surface area contributed by atoms with Crippen molar-refractivity contribution in [1.29, 1.82) is 0 Å². The third-order valence-corrected chi connectivity index (χ3v) is 2.65. The van der Waals surface area contributed by atoms with Gasteiger partial charge < -0.3 is 0 Å². The van der Waals surface area contributed by atoms with E-state index >= 15 is 0 Å². The molecular formula is C10H19Br. The van der Waals surface area contributed by atoms with Gasteiger partial charge in [-0.05, 0) is 23.7 Å². The largest absolute Gasteiger partial charge is 0.0744 e. The maximum Gasteiger partial charge on any atom is -0.00920 e. The molecule has 0 aromatic heterocycles. The van der Waals surface area contributed by atoms with Gasteiger partial charge in [0.05, 0.1) is 0 Å². The lowest BCUT2D eigenvalue weighted by Gasteiger charge is -1.95. The van der Waals surface area contributed by atoms with Gasteiger partial charge in [0.25, 0.3) is 0 Å². The summed E-state index contributed by atoms with van der Waals surface area (Å²) in [5, 5.41) is 0. The summed E-state index contributed by atoms with van der Waals surface area (Å²) in [5.74, 6) is 0. The summed E-state index contributed by atoms with van der Waals surface area (Å²) in [5.41, 5.74) is 0. The van der Waals surface area contributed by atoms with Gasteiger partial charge in [-0.15, -0.1) is 0 Å². The fourth-order valence-corrected chi connectivity index (χ4v) is 1.20. The van der Waals surface area contributed by atoms with Crippen LogP contribution in [0.15, 0.2) is 10.6 Å². The Kier molecular flexibility index (Phi) is 8.48. The zero-order valence-corrected chi connectivity index (χ0v) is 9.28. The minimum Gasteiger partial charge on any atom is -0.0744 e. The van der Waals surface area contributed by atoms with E-state index in [4.69, 9.17) is 0 Å². The van der Waals surface area contributed by atoms with Crippen LogP contribution in [0, 0.1) is 0 Å². The molecule has 11 heavy (non-hydrogen) atoms. The molecule has 66 valence electrons. The van der Waals surface area contributed by atoms with Crippen molar-refractivity contribution < 1.29 is 0 Å². The molecule has 0 aliphatic rings. The molecule has 0 N–H and O–H groups in total. The molecule has 0 fully saturated rings. The van der Waals surface area contributed by atoms with Crippen LogP contribution >= 0.6 is 15.9 Å². The third-order valence-electron chi connectivity index (χ3n) is 1.76. The van der Waals surface area contributed by atoms with Gasteiger partial charge in [0.15, 0.2) is 0 Å². The van der Waals surface area contributed by atoms with Crippen molar-refractivity contribution in [2.24, 2.45) is 0 Å². The zero-order valence-electron chi connectivity index (χ0n) is 7.70. The fraction of sp³-hybridized carbons (Fsp3) is 0.800. The molecule has 0 bridgehead atoms. The lowest BCUT2D eigenvalue weighted by molar-refractivity contribution is 0.674. The van der Waals surface area contributed by atoms with Crippen LogP contribution in [-0.4, -0.2) is 0 Å². The second kappa shape index (κ2) is 8.32. The highest BCUT2D eigenvalue weighted by Gasteiger charge is 1.87. The maximum atomic E-state index is 3.51. The van der Waals surface area contributed by atoms with Crippen molar-refractivity contribution in [3.05, 3.63) is 10.6 Å². The predicted octanol–water partition coefficient (Wildman–Crippen LogP) is 4.65. The van der Waals surface area contributed by atoms with Crippen LogP contribution in [0.5, 0.6) is 0 Å². The normalized spacial score (nSPS) is 12.1. The van der Waals surface area contributed by atoms with Gasteiger partial charge in [0.1, 0.15) is 0 Å². The SMILES string of the molecule is CCCCCC/C=C(\Br)CC. The van der Waals surface area contributed by atoms with Crippen LogP contribution < -0.4 is 0 Å². The Morgan fingerprint density at radius 1 is 1.18 bits per heavy atom. The summed E-state index contributed by atoms with van der Waals surface area (Å²) in [6.45, 7) is 4.42. The van der Waals surface area contributed by atoms with Gasteiger partial charge in [-0.1, -0.05) is 55.1 Å². The Hall–Kier alpha value is 0.220. The van der Waals surface area contributed by atoms with E-state index in [-0.39, 0.29) is 0 Å². The lowest BCUT2D eigenvalue weighted by atomic mass is 10.1.